The van der Waals surface area contributed by atoms with Crippen LogP contribution in [0.1, 0.15) is 27.8 Å². The van der Waals surface area contributed by atoms with E-state index in [0.29, 0.717) is 11.4 Å². The zero-order chi connectivity index (χ0) is 20.7. The standard InChI is InChI=1S/C23H19N5O2/c1-13-3-2-4-18(25-13)17(12-29)23(30)21-10-15-9-20-16(11-19(15)26-21)22(28-27-20)14-5-7-24-8-6-14/h2-11,17,27-29H,12H2,1H3/t17-/m1/s1. The molecule has 0 spiro atoms. The molecule has 1 aromatic carbocycles. The van der Waals surface area contributed by atoms with Gasteiger partial charge in [0.1, 0.15) is 5.69 Å². The summed E-state index contributed by atoms with van der Waals surface area (Å²) in [6.07, 6.45) is 3.48. The van der Waals surface area contributed by atoms with Gasteiger partial charge in [0.2, 0.25) is 0 Å². The van der Waals surface area contributed by atoms with Crippen molar-refractivity contribution in [3.8, 4) is 11.3 Å². The van der Waals surface area contributed by atoms with Gasteiger partial charge in [0.25, 0.3) is 0 Å². The molecular weight excluding hydrogens is 378 g/mol. The summed E-state index contributed by atoms with van der Waals surface area (Å²) >= 11 is 0. The largest absolute Gasteiger partial charge is 0.395 e. The Bertz CT molecular complexity index is 1370. The van der Waals surface area contributed by atoms with Gasteiger partial charge in [-0.05, 0) is 49.4 Å². The summed E-state index contributed by atoms with van der Waals surface area (Å²) in [6, 6.07) is 15.0. The fraction of sp³-hybridized carbons (Fsp3) is 0.130. The lowest BCUT2D eigenvalue weighted by Gasteiger charge is -2.11. The van der Waals surface area contributed by atoms with Crippen molar-refractivity contribution in [2.45, 2.75) is 12.8 Å². The second-order valence-electron chi connectivity index (χ2n) is 7.26. The van der Waals surface area contributed by atoms with Crippen molar-refractivity contribution in [2.75, 3.05) is 6.61 Å². The number of carbonyl (C=O) groups is 1. The minimum atomic E-state index is -0.736. The molecule has 0 saturated carbocycles. The van der Waals surface area contributed by atoms with Crippen LogP contribution in [0.3, 0.4) is 0 Å². The molecule has 7 nitrogen and oxygen atoms in total. The Balaban J connectivity index is 1.57. The van der Waals surface area contributed by atoms with E-state index in [1.165, 1.54) is 0 Å². The van der Waals surface area contributed by atoms with Crippen molar-refractivity contribution in [3.63, 3.8) is 0 Å². The first-order chi connectivity index (χ1) is 14.6. The average molecular weight is 397 g/mol. The highest BCUT2D eigenvalue weighted by Crippen LogP contribution is 2.30. The molecule has 0 unspecified atom stereocenters. The third kappa shape index (κ3) is 3.05. The molecule has 5 rings (SSSR count). The van der Waals surface area contributed by atoms with Crippen LogP contribution in [0.15, 0.2) is 60.9 Å². The number of aliphatic hydroxyl groups is 1. The predicted molar refractivity (Wildman–Crippen MR) is 114 cm³/mol. The highest BCUT2D eigenvalue weighted by atomic mass is 16.3. The van der Waals surface area contributed by atoms with Crippen LogP contribution < -0.4 is 0 Å². The molecule has 4 heterocycles. The summed E-state index contributed by atoms with van der Waals surface area (Å²) in [4.78, 5) is 26.1. The lowest BCUT2D eigenvalue weighted by molar-refractivity contribution is 0.0915. The number of fused-ring (bicyclic) bond motifs is 2. The van der Waals surface area contributed by atoms with Crippen molar-refractivity contribution in [3.05, 3.63) is 78.0 Å². The smallest absolute Gasteiger partial charge is 0.192 e. The number of pyridine rings is 2. The Morgan fingerprint density at radius 1 is 1.07 bits per heavy atom. The zero-order valence-electron chi connectivity index (χ0n) is 16.3. The molecule has 7 heteroatoms. The van der Waals surface area contributed by atoms with Gasteiger partial charge >= 0.3 is 0 Å². The van der Waals surface area contributed by atoms with Gasteiger partial charge in [-0.15, -0.1) is 0 Å². The number of Topliss-reactive ketones (excluding diaryl/α,β-unsaturated/α-hetero) is 1. The molecule has 4 aromatic heterocycles. The molecule has 5 aromatic rings. The van der Waals surface area contributed by atoms with Crippen LogP contribution in [0.2, 0.25) is 0 Å². The Kier molecular flexibility index (Phi) is 4.37. The number of nitrogens with zero attached hydrogens (tertiary/aromatic N) is 3. The number of ketones is 1. The van der Waals surface area contributed by atoms with Crippen LogP contribution in [-0.2, 0) is 0 Å². The SMILES string of the molecule is Cc1cccc([C@@H](CO)C(=O)c2cc3cc4[nH][nH]c(-c5ccncc5)c4cc3n2)n1. The normalized spacial score (nSPS) is 12.5. The number of aromatic amines is 2. The Labute approximate surface area is 171 Å². The maximum absolute atomic E-state index is 13.1. The van der Waals surface area contributed by atoms with E-state index >= 15 is 0 Å². The minimum Gasteiger partial charge on any atom is -0.395 e. The van der Waals surface area contributed by atoms with E-state index < -0.39 is 5.92 Å². The van der Waals surface area contributed by atoms with Crippen LogP contribution in [0.25, 0.3) is 33.1 Å². The molecule has 0 aliphatic carbocycles. The summed E-state index contributed by atoms with van der Waals surface area (Å²) in [5.41, 5.74) is 5.26. The zero-order valence-corrected chi connectivity index (χ0v) is 16.3. The summed E-state index contributed by atoms with van der Waals surface area (Å²) in [7, 11) is 0. The quantitative estimate of drug-likeness (QED) is 0.391. The average Bonchev–Trinajstić information content (AvgIpc) is 3.36. The van der Waals surface area contributed by atoms with Gasteiger partial charge in [-0.1, -0.05) is 6.07 Å². The van der Waals surface area contributed by atoms with E-state index in [4.69, 9.17) is 0 Å². The van der Waals surface area contributed by atoms with E-state index in [9.17, 15) is 9.90 Å². The first-order valence-electron chi connectivity index (χ1n) is 9.64. The van der Waals surface area contributed by atoms with Gasteiger partial charge in [-0.2, -0.15) is 0 Å². The van der Waals surface area contributed by atoms with Gasteiger partial charge in [-0.25, -0.2) is 4.98 Å². The molecule has 0 amide bonds. The molecule has 0 fully saturated rings. The molecule has 0 saturated heterocycles. The van der Waals surface area contributed by atoms with Gasteiger partial charge in [0.15, 0.2) is 5.78 Å². The number of rotatable bonds is 5. The maximum atomic E-state index is 13.1. The topological polar surface area (TPSA) is 108 Å². The minimum absolute atomic E-state index is 0.239. The van der Waals surface area contributed by atoms with E-state index in [1.807, 2.05) is 43.3 Å². The lowest BCUT2D eigenvalue weighted by Crippen LogP contribution is -2.18. The van der Waals surface area contributed by atoms with Crippen LogP contribution >= 0.6 is 0 Å². The summed E-state index contributed by atoms with van der Waals surface area (Å²) in [5, 5.41) is 18.1. The maximum Gasteiger partial charge on any atom is 0.192 e. The Morgan fingerprint density at radius 2 is 1.90 bits per heavy atom. The number of benzene rings is 1. The Hall–Kier alpha value is -3.84. The van der Waals surface area contributed by atoms with Crippen molar-refractivity contribution in [2.24, 2.45) is 0 Å². The van der Waals surface area contributed by atoms with Crippen LogP contribution in [0.5, 0.6) is 0 Å². The highest BCUT2D eigenvalue weighted by Gasteiger charge is 2.25. The summed E-state index contributed by atoms with van der Waals surface area (Å²) in [6.45, 7) is 1.54. The van der Waals surface area contributed by atoms with Crippen LogP contribution in [-0.4, -0.2) is 42.6 Å². The van der Waals surface area contributed by atoms with Crippen molar-refractivity contribution < 1.29 is 9.90 Å². The van der Waals surface area contributed by atoms with Gasteiger partial charge in [-0.3, -0.25) is 19.9 Å². The molecule has 0 aliphatic rings. The van der Waals surface area contributed by atoms with E-state index in [2.05, 4.69) is 25.1 Å². The van der Waals surface area contributed by atoms with Crippen LogP contribution in [0.4, 0.5) is 0 Å². The Morgan fingerprint density at radius 3 is 2.67 bits per heavy atom. The molecule has 0 bridgehead atoms. The molecule has 0 radical (unpaired) electrons. The van der Waals surface area contributed by atoms with E-state index in [0.717, 1.165) is 38.8 Å². The molecular formula is C23H19N5O2. The van der Waals surface area contributed by atoms with E-state index in [-0.39, 0.29) is 12.4 Å². The number of nitrogens with one attached hydrogen (secondary N) is 2. The first-order valence-corrected chi connectivity index (χ1v) is 9.64. The number of aromatic nitrogens is 5. The van der Waals surface area contributed by atoms with Gasteiger partial charge in [0, 0.05) is 34.4 Å². The summed E-state index contributed by atoms with van der Waals surface area (Å²) in [5.74, 6) is -0.976. The number of hydrogen-bond acceptors (Lipinski definition) is 5. The molecule has 1 atom stereocenters. The second-order valence-corrected chi connectivity index (χ2v) is 7.26. The number of H-pyrrole nitrogens is 2. The third-order valence-corrected chi connectivity index (χ3v) is 5.28. The third-order valence-electron chi connectivity index (χ3n) is 5.28. The number of carbonyl (C=O) groups excluding carboxylic acids is 1. The van der Waals surface area contributed by atoms with Crippen molar-refractivity contribution in [1.29, 1.82) is 0 Å². The highest BCUT2D eigenvalue weighted by molar-refractivity contribution is 6.07. The van der Waals surface area contributed by atoms with Crippen molar-refractivity contribution in [1.82, 2.24) is 25.1 Å². The fourth-order valence-electron chi connectivity index (χ4n) is 3.75. The molecule has 148 valence electrons. The van der Waals surface area contributed by atoms with E-state index in [1.54, 1.807) is 24.5 Å². The fourth-order valence-corrected chi connectivity index (χ4v) is 3.75. The molecule has 3 N–H and O–H groups in total. The predicted octanol–water partition coefficient (Wildman–Crippen LogP) is 3.77. The summed E-state index contributed by atoms with van der Waals surface area (Å²) < 4.78 is 0. The number of hydrogen-bond donors (Lipinski definition) is 3. The first kappa shape index (κ1) is 18.2. The van der Waals surface area contributed by atoms with Crippen molar-refractivity contribution >= 4 is 27.6 Å². The van der Waals surface area contributed by atoms with Crippen LogP contribution in [0, 0.1) is 6.92 Å². The lowest BCUT2D eigenvalue weighted by atomic mass is 9.98. The number of aryl methyl sites for hydroxylation is 1. The van der Waals surface area contributed by atoms with Gasteiger partial charge < -0.3 is 10.2 Å². The monoisotopic (exact) mass is 397 g/mol. The molecule has 0 aliphatic heterocycles. The molecule has 30 heavy (non-hydrogen) atoms. The van der Waals surface area contributed by atoms with Gasteiger partial charge in [0.05, 0.1) is 34.9 Å². The number of aliphatic hydroxyl groups excluding tert-OH is 1. The second kappa shape index (κ2) is 7.20.